The summed E-state index contributed by atoms with van der Waals surface area (Å²) in [6.07, 6.45) is 0.988. The fourth-order valence-electron chi connectivity index (χ4n) is 5.82. The second kappa shape index (κ2) is 11.0. The molecular weight excluding hydrogens is 540 g/mol. The van der Waals surface area contributed by atoms with E-state index in [2.05, 4.69) is 18.7 Å². The van der Waals surface area contributed by atoms with Crippen molar-refractivity contribution in [1.29, 1.82) is 0 Å². The van der Waals surface area contributed by atoms with Gasteiger partial charge in [0.1, 0.15) is 12.3 Å². The van der Waals surface area contributed by atoms with Gasteiger partial charge in [0, 0.05) is 50.0 Å². The molecule has 2 aromatic carbocycles. The molecule has 5 rings (SSSR count). The zero-order valence-corrected chi connectivity index (χ0v) is 24.2. The highest BCUT2D eigenvalue weighted by Gasteiger charge is 2.35. The van der Waals surface area contributed by atoms with Crippen LogP contribution in [0.4, 0.5) is 11.4 Å². The van der Waals surface area contributed by atoms with Gasteiger partial charge < -0.3 is 14.5 Å². The average molecular weight is 575 g/mol. The third kappa shape index (κ3) is 5.73. The summed E-state index contributed by atoms with van der Waals surface area (Å²) in [5, 5.41) is 0.671. The smallest absolute Gasteiger partial charge is 0.265 e. The van der Waals surface area contributed by atoms with Gasteiger partial charge in [-0.25, -0.2) is 8.42 Å². The van der Waals surface area contributed by atoms with Crippen LogP contribution in [0.1, 0.15) is 25.8 Å². The van der Waals surface area contributed by atoms with Gasteiger partial charge in [0.15, 0.2) is 6.61 Å². The van der Waals surface area contributed by atoms with Crippen molar-refractivity contribution in [3.8, 4) is 5.75 Å². The molecule has 3 aliphatic heterocycles. The fraction of sp³-hybridized carbons (Fsp3) is 0.500. The summed E-state index contributed by atoms with van der Waals surface area (Å²) >= 11 is 6.20. The molecule has 0 unspecified atom stereocenters. The number of ether oxygens (including phenoxy) is 1. The molecule has 0 aliphatic carbocycles. The number of piperidine rings is 1. The molecule has 11 heteroatoms. The van der Waals surface area contributed by atoms with Crippen LogP contribution in [0.5, 0.6) is 5.75 Å². The number of amides is 2. The van der Waals surface area contributed by atoms with Gasteiger partial charge in [0.05, 0.1) is 10.6 Å². The van der Waals surface area contributed by atoms with E-state index in [4.69, 9.17) is 16.3 Å². The van der Waals surface area contributed by atoms with Crippen LogP contribution in [0.2, 0.25) is 5.02 Å². The van der Waals surface area contributed by atoms with E-state index in [1.165, 1.54) is 21.3 Å². The Morgan fingerprint density at radius 1 is 1.00 bits per heavy atom. The number of anilines is 2. The first-order valence-corrected chi connectivity index (χ1v) is 15.2. The van der Waals surface area contributed by atoms with Crippen LogP contribution in [-0.2, 0) is 19.6 Å². The predicted octanol–water partition coefficient (Wildman–Crippen LogP) is 3.39. The molecule has 2 saturated heterocycles. The Bertz CT molecular complexity index is 1370. The van der Waals surface area contributed by atoms with E-state index >= 15 is 0 Å². The van der Waals surface area contributed by atoms with E-state index < -0.39 is 10.0 Å². The summed E-state index contributed by atoms with van der Waals surface area (Å²) < 4.78 is 34.1. The van der Waals surface area contributed by atoms with Crippen LogP contribution < -0.4 is 14.5 Å². The van der Waals surface area contributed by atoms with Gasteiger partial charge in [-0.1, -0.05) is 31.5 Å². The minimum absolute atomic E-state index is 0.101. The lowest BCUT2D eigenvalue weighted by atomic mass is 9.94. The van der Waals surface area contributed by atoms with Crippen molar-refractivity contribution in [1.82, 2.24) is 9.21 Å². The standard InChI is InChI=1S/C28H35ClN4O5S/c1-19-12-20(2)16-32(15-19)39(36,37)23-6-7-26-25(14-23)33(28(35)18-38-26)17-27(34)31-10-8-30(9-11-31)24-13-22(29)5-4-21(24)3/h4-7,13-14,19-20H,8-12,15-18H2,1-3H3/t19-,20-/m0/s1. The normalized spacial score (nSPS) is 22.5. The molecule has 2 amide bonds. The van der Waals surface area contributed by atoms with Crippen molar-refractivity contribution >= 4 is 44.8 Å². The van der Waals surface area contributed by atoms with Gasteiger partial charge in [-0.3, -0.25) is 14.5 Å². The molecule has 0 aromatic heterocycles. The Balaban J connectivity index is 1.31. The van der Waals surface area contributed by atoms with Gasteiger partial charge in [-0.2, -0.15) is 4.31 Å². The van der Waals surface area contributed by atoms with Crippen molar-refractivity contribution in [2.24, 2.45) is 11.8 Å². The van der Waals surface area contributed by atoms with Crippen molar-refractivity contribution in [3.05, 3.63) is 47.0 Å². The predicted molar refractivity (Wildman–Crippen MR) is 151 cm³/mol. The highest BCUT2D eigenvalue weighted by atomic mass is 35.5. The molecule has 2 fully saturated rings. The lowest BCUT2D eigenvalue weighted by Crippen LogP contribution is -2.53. The number of carbonyl (C=O) groups excluding carboxylic acids is 2. The molecule has 210 valence electrons. The lowest BCUT2D eigenvalue weighted by molar-refractivity contribution is -0.132. The monoisotopic (exact) mass is 574 g/mol. The molecular formula is C28H35ClN4O5S. The van der Waals surface area contributed by atoms with Crippen LogP contribution in [0.15, 0.2) is 41.3 Å². The van der Waals surface area contributed by atoms with Crippen molar-refractivity contribution < 1.29 is 22.7 Å². The fourth-order valence-corrected chi connectivity index (χ4v) is 7.69. The highest BCUT2D eigenvalue weighted by molar-refractivity contribution is 7.89. The van der Waals surface area contributed by atoms with Crippen LogP contribution >= 0.6 is 11.6 Å². The number of benzene rings is 2. The molecule has 0 bridgehead atoms. The molecule has 0 saturated carbocycles. The van der Waals surface area contributed by atoms with Crippen LogP contribution in [0, 0.1) is 18.8 Å². The Morgan fingerprint density at radius 3 is 2.38 bits per heavy atom. The number of aryl methyl sites for hydroxylation is 1. The Kier molecular flexibility index (Phi) is 7.81. The van der Waals surface area contributed by atoms with E-state index in [0.29, 0.717) is 55.7 Å². The largest absolute Gasteiger partial charge is 0.482 e. The van der Waals surface area contributed by atoms with Gasteiger partial charge >= 0.3 is 0 Å². The van der Waals surface area contributed by atoms with Gasteiger partial charge in [0.2, 0.25) is 15.9 Å². The van der Waals surface area contributed by atoms with E-state index in [-0.39, 0.29) is 41.7 Å². The maximum atomic E-state index is 13.5. The molecule has 2 atom stereocenters. The number of carbonyl (C=O) groups is 2. The van der Waals surface area contributed by atoms with Crippen molar-refractivity contribution in [2.45, 2.75) is 32.1 Å². The van der Waals surface area contributed by atoms with Crippen LogP contribution in [0.25, 0.3) is 0 Å². The zero-order valence-electron chi connectivity index (χ0n) is 22.6. The SMILES string of the molecule is Cc1ccc(Cl)cc1N1CCN(C(=O)CN2C(=O)COc3ccc(S(=O)(=O)N4C[C@@H](C)C[C@H](C)C4)cc32)CC1. The number of fused-ring (bicyclic) bond motifs is 1. The van der Waals surface area contributed by atoms with E-state index in [9.17, 15) is 18.0 Å². The van der Waals surface area contributed by atoms with Crippen LogP contribution in [-0.4, -0.2) is 81.9 Å². The molecule has 39 heavy (non-hydrogen) atoms. The number of nitrogens with zero attached hydrogens (tertiary/aromatic N) is 4. The molecule has 9 nitrogen and oxygen atoms in total. The second-order valence-corrected chi connectivity index (χ2v) is 13.3. The number of hydrogen-bond acceptors (Lipinski definition) is 6. The molecule has 3 aliphatic rings. The number of halogens is 1. The Hall–Kier alpha value is -2.82. The lowest BCUT2D eigenvalue weighted by Gasteiger charge is -2.38. The maximum Gasteiger partial charge on any atom is 0.265 e. The summed E-state index contributed by atoms with van der Waals surface area (Å²) in [5.74, 6) is 0.360. The van der Waals surface area contributed by atoms with E-state index in [1.54, 1.807) is 11.0 Å². The first-order valence-electron chi connectivity index (χ1n) is 13.4. The topological polar surface area (TPSA) is 90.5 Å². The summed E-state index contributed by atoms with van der Waals surface area (Å²) in [6, 6.07) is 10.4. The van der Waals surface area contributed by atoms with Crippen molar-refractivity contribution in [3.63, 3.8) is 0 Å². The summed E-state index contributed by atoms with van der Waals surface area (Å²) in [4.78, 5) is 31.6. The number of hydrogen-bond donors (Lipinski definition) is 0. The molecule has 3 heterocycles. The highest BCUT2D eigenvalue weighted by Crippen LogP contribution is 2.36. The van der Waals surface area contributed by atoms with E-state index in [1.807, 2.05) is 25.1 Å². The van der Waals surface area contributed by atoms with Crippen LogP contribution in [0.3, 0.4) is 0 Å². The van der Waals surface area contributed by atoms with E-state index in [0.717, 1.165) is 17.7 Å². The minimum Gasteiger partial charge on any atom is -0.482 e. The maximum absolute atomic E-state index is 13.5. The van der Waals surface area contributed by atoms with Gasteiger partial charge in [-0.05, 0) is 61.1 Å². The molecule has 2 aromatic rings. The first kappa shape index (κ1) is 27.7. The second-order valence-electron chi connectivity index (χ2n) is 11.0. The quantitative estimate of drug-likeness (QED) is 0.544. The molecule has 0 spiro atoms. The number of sulfonamides is 1. The molecule has 0 N–H and O–H groups in total. The summed E-state index contributed by atoms with van der Waals surface area (Å²) in [6.45, 7) is 9.01. The third-order valence-electron chi connectivity index (χ3n) is 7.78. The Labute approximate surface area is 235 Å². The first-order chi connectivity index (χ1) is 18.5. The Morgan fingerprint density at radius 2 is 1.69 bits per heavy atom. The number of rotatable bonds is 5. The average Bonchev–Trinajstić information content (AvgIpc) is 2.91. The summed E-state index contributed by atoms with van der Waals surface area (Å²) in [7, 11) is -3.76. The van der Waals surface area contributed by atoms with Gasteiger partial charge in [0.25, 0.3) is 5.91 Å². The third-order valence-corrected chi connectivity index (χ3v) is 9.85. The minimum atomic E-state index is -3.76. The van der Waals surface area contributed by atoms with Gasteiger partial charge in [-0.15, -0.1) is 0 Å². The number of piperazine rings is 1. The molecule has 0 radical (unpaired) electrons. The van der Waals surface area contributed by atoms with Crippen molar-refractivity contribution in [2.75, 3.05) is 62.2 Å². The summed E-state index contributed by atoms with van der Waals surface area (Å²) in [5.41, 5.74) is 2.49. The zero-order chi connectivity index (χ0) is 27.9.